The van der Waals surface area contributed by atoms with Gasteiger partial charge in [0, 0.05) is 0 Å². The van der Waals surface area contributed by atoms with Crippen LogP contribution in [0, 0.1) is 13.8 Å². The molecule has 0 saturated heterocycles. The van der Waals surface area contributed by atoms with Crippen LogP contribution in [0.15, 0.2) is 41.1 Å². The second kappa shape index (κ2) is 6.90. The average Bonchev–Trinajstić information content (AvgIpc) is 2.76. The van der Waals surface area contributed by atoms with Crippen LogP contribution in [0.2, 0.25) is 0 Å². The Morgan fingerprint density at radius 3 is 2.47 bits per heavy atom. The second-order valence-electron chi connectivity index (χ2n) is 5.92. The maximum Gasteiger partial charge on any atom is 0.0871 e. The molecule has 102 valence electrons. The number of hydrogen-bond donors (Lipinski definition) is 0. The summed E-state index contributed by atoms with van der Waals surface area (Å²) in [5.74, 6) is 0. The van der Waals surface area contributed by atoms with E-state index in [1.807, 2.05) is 0 Å². The van der Waals surface area contributed by atoms with Gasteiger partial charge in [-0.3, -0.25) is 0 Å². The van der Waals surface area contributed by atoms with Gasteiger partial charge in [0.1, 0.15) is 0 Å². The predicted octanol–water partition coefficient (Wildman–Crippen LogP) is 3.89. The van der Waals surface area contributed by atoms with Gasteiger partial charge in [0.2, 0.25) is 0 Å². The van der Waals surface area contributed by atoms with Crippen LogP contribution in [-0.4, -0.2) is 9.52 Å². The standard InChI is InChI=1S/C18H26Si/c1-4-5-6-7-16-8-9-17(13-16)19-18-11-14(2)10-15(3)12-18/h9-13H,4-8,19H2,1-3H3. The van der Waals surface area contributed by atoms with Crippen LogP contribution in [0.5, 0.6) is 0 Å². The molecule has 0 radical (unpaired) electrons. The van der Waals surface area contributed by atoms with Crippen molar-refractivity contribution in [3.63, 3.8) is 0 Å². The van der Waals surface area contributed by atoms with E-state index in [-0.39, 0.29) is 9.52 Å². The molecule has 0 atom stereocenters. The Kier molecular flexibility index (Phi) is 5.21. The van der Waals surface area contributed by atoms with Gasteiger partial charge in [0.25, 0.3) is 0 Å². The summed E-state index contributed by atoms with van der Waals surface area (Å²) in [4.78, 5) is 0. The van der Waals surface area contributed by atoms with Crippen molar-refractivity contribution in [2.24, 2.45) is 0 Å². The molecule has 2 rings (SSSR count). The summed E-state index contributed by atoms with van der Waals surface area (Å²) in [5, 5.41) is 3.24. The monoisotopic (exact) mass is 270 g/mol. The van der Waals surface area contributed by atoms with Crippen molar-refractivity contribution in [2.75, 3.05) is 0 Å². The molecule has 0 spiro atoms. The number of aryl methyl sites for hydroxylation is 2. The van der Waals surface area contributed by atoms with E-state index in [1.165, 1.54) is 43.2 Å². The van der Waals surface area contributed by atoms with Crippen LogP contribution in [0.1, 0.15) is 50.2 Å². The molecule has 0 amide bonds. The predicted molar refractivity (Wildman–Crippen MR) is 89.0 cm³/mol. The van der Waals surface area contributed by atoms with Crippen LogP contribution < -0.4 is 5.19 Å². The zero-order valence-electron chi connectivity index (χ0n) is 12.6. The first kappa shape index (κ1) is 14.3. The van der Waals surface area contributed by atoms with Crippen molar-refractivity contribution in [2.45, 2.75) is 52.9 Å². The number of hydrogen-bond acceptors (Lipinski definition) is 0. The minimum atomic E-state index is -0.253. The second-order valence-corrected chi connectivity index (χ2v) is 7.90. The Hall–Kier alpha value is -1.08. The third-order valence-corrected chi connectivity index (χ3v) is 5.52. The van der Waals surface area contributed by atoms with Gasteiger partial charge in [-0.1, -0.05) is 77.2 Å². The number of allylic oxidation sites excluding steroid dienone is 4. The lowest BCUT2D eigenvalue weighted by Gasteiger charge is -2.04. The van der Waals surface area contributed by atoms with E-state index >= 15 is 0 Å². The third-order valence-electron chi connectivity index (χ3n) is 3.81. The van der Waals surface area contributed by atoms with Gasteiger partial charge in [-0.25, -0.2) is 0 Å². The van der Waals surface area contributed by atoms with Crippen molar-refractivity contribution >= 4 is 14.7 Å². The van der Waals surface area contributed by atoms with Crippen LogP contribution in [0.4, 0.5) is 0 Å². The zero-order valence-corrected chi connectivity index (χ0v) is 14.0. The van der Waals surface area contributed by atoms with Crippen LogP contribution in [-0.2, 0) is 0 Å². The highest BCUT2D eigenvalue weighted by molar-refractivity contribution is 6.62. The third kappa shape index (κ3) is 4.50. The van der Waals surface area contributed by atoms with E-state index in [1.54, 1.807) is 16.0 Å². The normalized spacial score (nSPS) is 15.1. The Labute approximate surface area is 120 Å². The smallest absolute Gasteiger partial charge is 0.0815 e. The van der Waals surface area contributed by atoms with Gasteiger partial charge in [-0.05, 0) is 33.1 Å². The van der Waals surface area contributed by atoms with Gasteiger partial charge in [-0.2, -0.15) is 0 Å². The summed E-state index contributed by atoms with van der Waals surface area (Å²) in [6, 6.07) is 7.03. The molecule has 0 fully saturated rings. The number of benzene rings is 1. The highest BCUT2D eigenvalue weighted by Gasteiger charge is 2.08. The molecule has 0 saturated carbocycles. The summed E-state index contributed by atoms with van der Waals surface area (Å²) >= 11 is 0. The summed E-state index contributed by atoms with van der Waals surface area (Å²) in [6.07, 6.45) is 11.6. The molecule has 1 aliphatic rings. The van der Waals surface area contributed by atoms with E-state index in [0.717, 1.165) is 0 Å². The Morgan fingerprint density at radius 1 is 1.05 bits per heavy atom. The molecule has 1 heteroatoms. The fraction of sp³-hybridized carbons (Fsp3) is 0.444. The number of rotatable bonds is 6. The molecule has 1 aromatic rings. The molecular weight excluding hydrogens is 244 g/mol. The Balaban J connectivity index is 1.93. The summed E-state index contributed by atoms with van der Waals surface area (Å²) in [6.45, 7) is 6.69. The van der Waals surface area contributed by atoms with Crippen molar-refractivity contribution in [1.82, 2.24) is 0 Å². The van der Waals surface area contributed by atoms with Crippen molar-refractivity contribution < 1.29 is 0 Å². The maximum absolute atomic E-state index is 2.50. The van der Waals surface area contributed by atoms with Gasteiger partial charge in [0.15, 0.2) is 0 Å². The molecule has 0 aromatic heterocycles. The quantitative estimate of drug-likeness (QED) is 0.543. The van der Waals surface area contributed by atoms with Crippen molar-refractivity contribution in [3.05, 3.63) is 52.2 Å². The largest absolute Gasteiger partial charge is 0.0871 e. The minimum Gasteiger partial charge on any atom is -0.0815 e. The molecule has 0 heterocycles. The Bertz CT molecular complexity index is 474. The van der Waals surface area contributed by atoms with Crippen LogP contribution >= 0.6 is 0 Å². The molecule has 0 aliphatic heterocycles. The lowest BCUT2D eigenvalue weighted by molar-refractivity contribution is 0.709. The van der Waals surface area contributed by atoms with Gasteiger partial charge in [0.05, 0.1) is 9.52 Å². The Morgan fingerprint density at radius 2 is 1.79 bits per heavy atom. The topological polar surface area (TPSA) is 0 Å². The van der Waals surface area contributed by atoms with Gasteiger partial charge in [-0.15, -0.1) is 0 Å². The lowest BCUT2D eigenvalue weighted by Crippen LogP contribution is -2.16. The highest BCUT2D eigenvalue weighted by atomic mass is 28.2. The maximum atomic E-state index is 2.50. The van der Waals surface area contributed by atoms with Crippen molar-refractivity contribution in [1.29, 1.82) is 0 Å². The SMILES string of the molecule is CCCCCC1=CC([SiH2]c2cc(C)cc(C)c2)=CC1. The molecular formula is C18H26Si. The van der Waals surface area contributed by atoms with E-state index < -0.39 is 0 Å². The van der Waals surface area contributed by atoms with Gasteiger partial charge >= 0.3 is 0 Å². The summed E-state index contributed by atoms with van der Waals surface area (Å²) in [7, 11) is -0.253. The average molecular weight is 270 g/mol. The first-order valence-electron chi connectivity index (χ1n) is 7.63. The van der Waals surface area contributed by atoms with E-state index in [2.05, 4.69) is 51.1 Å². The number of unbranched alkanes of at least 4 members (excludes halogenated alkanes) is 2. The molecule has 0 N–H and O–H groups in total. The van der Waals surface area contributed by atoms with Crippen molar-refractivity contribution in [3.8, 4) is 0 Å². The molecule has 0 bridgehead atoms. The van der Waals surface area contributed by atoms with E-state index in [0.29, 0.717) is 0 Å². The van der Waals surface area contributed by atoms with Gasteiger partial charge < -0.3 is 0 Å². The fourth-order valence-corrected chi connectivity index (χ4v) is 4.95. The molecule has 19 heavy (non-hydrogen) atoms. The van der Waals surface area contributed by atoms with E-state index in [9.17, 15) is 0 Å². The molecule has 1 aromatic carbocycles. The first-order valence-corrected chi connectivity index (χ1v) is 9.04. The zero-order chi connectivity index (χ0) is 13.7. The lowest BCUT2D eigenvalue weighted by atomic mass is 10.1. The van der Waals surface area contributed by atoms with E-state index in [4.69, 9.17) is 0 Å². The first-order chi connectivity index (χ1) is 9.17. The molecule has 1 aliphatic carbocycles. The molecule has 0 unspecified atom stereocenters. The highest BCUT2D eigenvalue weighted by Crippen LogP contribution is 2.22. The molecule has 0 nitrogen and oxygen atoms in total. The summed E-state index contributed by atoms with van der Waals surface area (Å²) in [5.41, 5.74) is 4.49. The minimum absolute atomic E-state index is 0.253. The van der Waals surface area contributed by atoms with Crippen LogP contribution in [0.25, 0.3) is 0 Å². The van der Waals surface area contributed by atoms with Crippen LogP contribution in [0.3, 0.4) is 0 Å². The summed E-state index contributed by atoms with van der Waals surface area (Å²) < 4.78 is 0. The fourth-order valence-electron chi connectivity index (χ4n) is 2.95.